The van der Waals surface area contributed by atoms with Crippen molar-refractivity contribution in [1.29, 1.82) is 0 Å². The summed E-state index contributed by atoms with van der Waals surface area (Å²) in [6.45, 7) is 3.91. The SMILES string of the molecule is CCN(CC(=O)Nc1c(F)cccc1F)C(C)C(=O)NCc1ccccc1Cl. The van der Waals surface area contributed by atoms with Crippen LogP contribution in [0.4, 0.5) is 14.5 Å². The van der Waals surface area contributed by atoms with Gasteiger partial charge in [-0.25, -0.2) is 8.78 Å². The number of hydrogen-bond donors (Lipinski definition) is 2. The fraction of sp³-hybridized carbons (Fsp3) is 0.300. The average Bonchev–Trinajstić information content (AvgIpc) is 2.67. The predicted octanol–water partition coefficient (Wildman–Crippen LogP) is 3.58. The Balaban J connectivity index is 1.94. The highest BCUT2D eigenvalue weighted by Crippen LogP contribution is 2.18. The molecule has 2 N–H and O–H groups in total. The van der Waals surface area contributed by atoms with Gasteiger partial charge in [-0.2, -0.15) is 0 Å². The molecule has 0 bridgehead atoms. The van der Waals surface area contributed by atoms with E-state index in [0.29, 0.717) is 11.6 Å². The number of amides is 2. The normalized spacial score (nSPS) is 11.9. The molecule has 0 spiro atoms. The van der Waals surface area contributed by atoms with Crippen molar-refractivity contribution in [2.75, 3.05) is 18.4 Å². The minimum absolute atomic E-state index is 0.190. The molecule has 0 radical (unpaired) electrons. The van der Waals surface area contributed by atoms with Crippen LogP contribution >= 0.6 is 11.6 Å². The van der Waals surface area contributed by atoms with Crippen LogP contribution in [0.2, 0.25) is 5.02 Å². The zero-order valence-corrected chi connectivity index (χ0v) is 16.4. The number of nitrogens with one attached hydrogen (secondary N) is 2. The van der Waals surface area contributed by atoms with E-state index in [1.807, 2.05) is 6.07 Å². The molecule has 0 aliphatic rings. The Morgan fingerprint density at radius 3 is 2.36 bits per heavy atom. The van der Waals surface area contributed by atoms with Crippen LogP contribution < -0.4 is 10.6 Å². The summed E-state index contributed by atoms with van der Waals surface area (Å²) >= 11 is 6.07. The van der Waals surface area contributed by atoms with Gasteiger partial charge in [0.2, 0.25) is 11.8 Å². The Labute approximate surface area is 167 Å². The van der Waals surface area contributed by atoms with Gasteiger partial charge in [-0.05, 0) is 37.2 Å². The van der Waals surface area contributed by atoms with Gasteiger partial charge in [-0.15, -0.1) is 0 Å². The standard InChI is InChI=1S/C20H22ClF2N3O2/c1-3-26(12-18(27)25-19-16(22)9-6-10-17(19)23)13(2)20(28)24-11-14-7-4-5-8-15(14)21/h4-10,13H,3,11-12H2,1-2H3,(H,24,28)(H,25,27). The highest BCUT2D eigenvalue weighted by Gasteiger charge is 2.23. The molecule has 0 fully saturated rings. The number of carbonyl (C=O) groups is 2. The fourth-order valence-corrected chi connectivity index (χ4v) is 2.84. The summed E-state index contributed by atoms with van der Waals surface area (Å²) in [5, 5.41) is 5.55. The highest BCUT2D eigenvalue weighted by atomic mass is 35.5. The summed E-state index contributed by atoms with van der Waals surface area (Å²) in [5.41, 5.74) is 0.278. The molecule has 5 nitrogen and oxygen atoms in total. The average molecular weight is 410 g/mol. The number of likely N-dealkylation sites (N-methyl/N-ethyl adjacent to an activating group) is 1. The number of halogens is 3. The van der Waals surface area contributed by atoms with Gasteiger partial charge in [0, 0.05) is 11.6 Å². The van der Waals surface area contributed by atoms with E-state index in [1.165, 1.54) is 6.07 Å². The molecule has 0 saturated heterocycles. The molecule has 2 rings (SSSR count). The maximum Gasteiger partial charge on any atom is 0.238 e. The summed E-state index contributed by atoms with van der Waals surface area (Å²) in [5.74, 6) is -2.62. The summed E-state index contributed by atoms with van der Waals surface area (Å²) < 4.78 is 27.3. The second kappa shape index (κ2) is 10.1. The van der Waals surface area contributed by atoms with Gasteiger partial charge in [-0.3, -0.25) is 14.5 Å². The molecule has 2 amide bonds. The van der Waals surface area contributed by atoms with Crippen LogP contribution in [0.3, 0.4) is 0 Å². The first-order valence-electron chi connectivity index (χ1n) is 8.82. The van der Waals surface area contributed by atoms with Gasteiger partial charge in [0.05, 0.1) is 12.6 Å². The molecule has 0 aliphatic heterocycles. The van der Waals surface area contributed by atoms with E-state index in [2.05, 4.69) is 10.6 Å². The number of anilines is 1. The van der Waals surface area contributed by atoms with Crippen LogP contribution in [0.1, 0.15) is 19.4 Å². The van der Waals surface area contributed by atoms with Gasteiger partial charge in [0.15, 0.2) is 0 Å². The van der Waals surface area contributed by atoms with Crippen LogP contribution in [0.15, 0.2) is 42.5 Å². The van der Waals surface area contributed by atoms with E-state index in [1.54, 1.807) is 36.9 Å². The van der Waals surface area contributed by atoms with Crippen LogP contribution in [-0.2, 0) is 16.1 Å². The van der Waals surface area contributed by atoms with E-state index in [-0.39, 0.29) is 19.0 Å². The fourth-order valence-electron chi connectivity index (χ4n) is 2.64. The Kier molecular flexibility index (Phi) is 7.90. The molecule has 0 saturated carbocycles. The number of para-hydroxylation sites is 1. The van der Waals surface area contributed by atoms with Crippen molar-refractivity contribution >= 4 is 29.1 Å². The number of benzene rings is 2. The van der Waals surface area contributed by atoms with E-state index in [0.717, 1.165) is 17.7 Å². The smallest absolute Gasteiger partial charge is 0.238 e. The summed E-state index contributed by atoms with van der Waals surface area (Å²) in [7, 11) is 0. The van der Waals surface area contributed by atoms with E-state index >= 15 is 0 Å². The minimum atomic E-state index is -0.859. The minimum Gasteiger partial charge on any atom is -0.351 e. The third-order valence-electron chi connectivity index (χ3n) is 4.32. The van der Waals surface area contributed by atoms with E-state index in [4.69, 9.17) is 11.6 Å². The second-order valence-corrected chi connectivity index (χ2v) is 6.60. The zero-order valence-electron chi connectivity index (χ0n) is 15.6. The number of nitrogens with zero attached hydrogens (tertiary/aromatic N) is 1. The molecule has 0 aromatic heterocycles. The van der Waals surface area contributed by atoms with Crippen LogP contribution in [-0.4, -0.2) is 35.8 Å². The van der Waals surface area contributed by atoms with Gasteiger partial charge >= 0.3 is 0 Å². The summed E-state index contributed by atoms with van der Waals surface area (Å²) in [4.78, 5) is 26.2. The van der Waals surface area contributed by atoms with Gasteiger partial charge in [0.25, 0.3) is 0 Å². The number of carbonyl (C=O) groups excluding carboxylic acids is 2. The van der Waals surface area contributed by atoms with Crippen molar-refractivity contribution in [2.45, 2.75) is 26.4 Å². The first-order valence-corrected chi connectivity index (χ1v) is 9.20. The molecule has 8 heteroatoms. The van der Waals surface area contributed by atoms with Crippen molar-refractivity contribution in [3.8, 4) is 0 Å². The highest BCUT2D eigenvalue weighted by molar-refractivity contribution is 6.31. The summed E-state index contributed by atoms with van der Waals surface area (Å²) in [6.07, 6.45) is 0. The van der Waals surface area contributed by atoms with E-state index in [9.17, 15) is 18.4 Å². The van der Waals surface area contributed by atoms with Crippen LogP contribution in [0.25, 0.3) is 0 Å². The van der Waals surface area contributed by atoms with Crippen LogP contribution in [0, 0.1) is 11.6 Å². The molecule has 2 aromatic carbocycles. The Hall–Kier alpha value is -2.51. The zero-order chi connectivity index (χ0) is 20.7. The lowest BCUT2D eigenvalue weighted by Crippen LogP contribution is -2.47. The van der Waals surface area contributed by atoms with Gasteiger partial charge < -0.3 is 10.6 Å². The Bertz CT molecular complexity index is 828. The third kappa shape index (κ3) is 5.74. The number of rotatable bonds is 8. The lowest BCUT2D eigenvalue weighted by atomic mass is 10.2. The maximum atomic E-state index is 13.7. The van der Waals surface area contributed by atoms with Gasteiger partial charge in [0.1, 0.15) is 17.3 Å². The predicted molar refractivity (Wildman–Crippen MR) is 105 cm³/mol. The molecule has 28 heavy (non-hydrogen) atoms. The first-order chi connectivity index (χ1) is 13.3. The second-order valence-electron chi connectivity index (χ2n) is 6.19. The van der Waals surface area contributed by atoms with Crippen molar-refractivity contribution in [1.82, 2.24) is 10.2 Å². The molecule has 0 aliphatic carbocycles. The molecule has 1 unspecified atom stereocenters. The molecule has 0 heterocycles. The molecule has 2 aromatic rings. The van der Waals surface area contributed by atoms with Crippen molar-refractivity contribution in [3.05, 3.63) is 64.7 Å². The third-order valence-corrected chi connectivity index (χ3v) is 4.69. The van der Waals surface area contributed by atoms with Gasteiger partial charge in [-0.1, -0.05) is 42.8 Å². The molecule has 1 atom stereocenters. The molecular weight excluding hydrogens is 388 g/mol. The quantitative estimate of drug-likeness (QED) is 0.700. The Morgan fingerprint density at radius 2 is 1.75 bits per heavy atom. The topological polar surface area (TPSA) is 61.4 Å². The largest absolute Gasteiger partial charge is 0.351 e. The van der Waals surface area contributed by atoms with Crippen molar-refractivity contribution < 1.29 is 18.4 Å². The van der Waals surface area contributed by atoms with Crippen molar-refractivity contribution in [2.24, 2.45) is 0 Å². The summed E-state index contributed by atoms with van der Waals surface area (Å²) in [6, 6.07) is 9.86. The lowest BCUT2D eigenvalue weighted by Gasteiger charge is -2.26. The van der Waals surface area contributed by atoms with Crippen LogP contribution in [0.5, 0.6) is 0 Å². The monoisotopic (exact) mass is 409 g/mol. The van der Waals surface area contributed by atoms with Crippen molar-refractivity contribution in [3.63, 3.8) is 0 Å². The number of hydrogen-bond acceptors (Lipinski definition) is 3. The van der Waals surface area contributed by atoms with E-state index < -0.39 is 29.3 Å². The Morgan fingerprint density at radius 1 is 1.11 bits per heavy atom. The molecular formula is C20H22ClF2N3O2. The molecule has 150 valence electrons. The lowest BCUT2D eigenvalue weighted by molar-refractivity contribution is -0.127. The first kappa shape index (κ1) is 21.8. The maximum absolute atomic E-state index is 13.7.